The molecule has 0 aromatic heterocycles. The van der Waals surface area contributed by atoms with E-state index in [0.29, 0.717) is 5.41 Å². The number of hydrogen-bond donors (Lipinski definition) is 0. The molecule has 0 N–H and O–H groups in total. The van der Waals surface area contributed by atoms with E-state index in [9.17, 15) is 4.79 Å². The van der Waals surface area contributed by atoms with Gasteiger partial charge >= 0.3 is 6.09 Å². The van der Waals surface area contributed by atoms with Gasteiger partial charge in [-0.1, -0.05) is 0 Å². The maximum absolute atomic E-state index is 11.8. The molecule has 0 atom stereocenters. The standard InChI is InChI=1S/C14H26N2O2/c1-12(2,3)16-9-14(10-16)7-15(8-14)11(17)18-13(4,5)6/h7-10H2,1-6H3. The summed E-state index contributed by atoms with van der Waals surface area (Å²) in [6.07, 6.45) is -0.165. The number of carbonyl (C=O) groups excluding carboxylic acids is 1. The first-order chi connectivity index (χ1) is 8.01. The second-order valence-electron chi connectivity index (χ2n) is 7.86. The fourth-order valence-corrected chi connectivity index (χ4v) is 2.66. The Labute approximate surface area is 110 Å². The van der Waals surface area contributed by atoms with Gasteiger partial charge in [0, 0.05) is 37.1 Å². The van der Waals surface area contributed by atoms with Gasteiger partial charge in [0.15, 0.2) is 0 Å². The molecule has 0 saturated carbocycles. The normalized spacial score (nSPS) is 23.6. The van der Waals surface area contributed by atoms with Crippen LogP contribution in [0.2, 0.25) is 0 Å². The zero-order valence-corrected chi connectivity index (χ0v) is 12.5. The average Bonchev–Trinajstić information content (AvgIpc) is 1.90. The lowest BCUT2D eigenvalue weighted by Crippen LogP contribution is -2.75. The molecule has 0 aliphatic carbocycles. The first-order valence-electron chi connectivity index (χ1n) is 6.74. The van der Waals surface area contributed by atoms with Gasteiger partial charge in [-0.15, -0.1) is 0 Å². The van der Waals surface area contributed by atoms with Crippen LogP contribution in [-0.2, 0) is 4.74 Å². The van der Waals surface area contributed by atoms with E-state index < -0.39 is 5.60 Å². The smallest absolute Gasteiger partial charge is 0.410 e. The highest BCUT2D eigenvalue weighted by Gasteiger charge is 2.55. The SMILES string of the molecule is CC(C)(C)OC(=O)N1CC2(C1)CN(C(C)(C)C)C2. The third-order valence-electron chi connectivity index (χ3n) is 3.71. The molecule has 2 aliphatic rings. The maximum Gasteiger partial charge on any atom is 0.410 e. The van der Waals surface area contributed by atoms with E-state index in [0.717, 1.165) is 26.2 Å². The molecule has 0 unspecified atom stereocenters. The predicted octanol–water partition coefficient (Wildman–Crippen LogP) is 2.34. The van der Waals surface area contributed by atoms with Crippen LogP contribution in [-0.4, -0.2) is 53.2 Å². The van der Waals surface area contributed by atoms with Gasteiger partial charge in [0.2, 0.25) is 0 Å². The van der Waals surface area contributed by atoms with Crippen LogP contribution in [0, 0.1) is 5.41 Å². The number of likely N-dealkylation sites (tertiary alicyclic amines) is 2. The Morgan fingerprint density at radius 3 is 1.89 bits per heavy atom. The van der Waals surface area contributed by atoms with Crippen molar-refractivity contribution in [3.8, 4) is 0 Å². The van der Waals surface area contributed by atoms with Crippen LogP contribution in [0.1, 0.15) is 41.5 Å². The van der Waals surface area contributed by atoms with Gasteiger partial charge in [-0.2, -0.15) is 0 Å². The second-order valence-corrected chi connectivity index (χ2v) is 7.86. The van der Waals surface area contributed by atoms with Crippen LogP contribution in [0.3, 0.4) is 0 Å². The van der Waals surface area contributed by atoms with E-state index in [-0.39, 0.29) is 11.6 Å². The summed E-state index contributed by atoms with van der Waals surface area (Å²) in [5.74, 6) is 0. The molecule has 104 valence electrons. The van der Waals surface area contributed by atoms with E-state index in [1.807, 2.05) is 25.7 Å². The molecule has 2 heterocycles. The van der Waals surface area contributed by atoms with Crippen molar-refractivity contribution in [1.82, 2.24) is 9.80 Å². The number of hydrogen-bond acceptors (Lipinski definition) is 3. The van der Waals surface area contributed by atoms with Crippen LogP contribution in [0.15, 0.2) is 0 Å². The number of carbonyl (C=O) groups is 1. The van der Waals surface area contributed by atoms with E-state index >= 15 is 0 Å². The van der Waals surface area contributed by atoms with Crippen molar-refractivity contribution in [3.05, 3.63) is 0 Å². The van der Waals surface area contributed by atoms with Gasteiger partial charge in [-0.3, -0.25) is 4.90 Å². The summed E-state index contributed by atoms with van der Waals surface area (Å²) >= 11 is 0. The molecule has 2 aliphatic heterocycles. The molecule has 2 fully saturated rings. The van der Waals surface area contributed by atoms with Gasteiger partial charge in [-0.05, 0) is 41.5 Å². The highest BCUT2D eigenvalue weighted by molar-refractivity contribution is 5.69. The van der Waals surface area contributed by atoms with Crippen molar-refractivity contribution in [2.45, 2.75) is 52.7 Å². The van der Waals surface area contributed by atoms with E-state index in [4.69, 9.17) is 4.74 Å². The van der Waals surface area contributed by atoms with Crippen molar-refractivity contribution in [3.63, 3.8) is 0 Å². The van der Waals surface area contributed by atoms with Gasteiger partial charge in [0.1, 0.15) is 5.60 Å². The minimum Gasteiger partial charge on any atom is -0.444 e. The largest absolute Gasteiger partial charge is 0.444 e. The summed E-state index contributed by atoms with van der Waals surface area (Å²) in [5, 5.41) is 0. The van der Waals surface area contributed by atoms with Crippen LogP contribution in [0.25, 0.3) is 0 Å². The fourth-order valence-electron chi connectivity index (χ4n) is 2.66. The second kappa shape index (κ2) is 3.86. The van der Waals surface area contributed by atoms with Crippen LogP contribution in [0.4, 0.5) is 4.79 Å². The first-order valence-corrected chi connectivity index (χ1v) is 6.74. The zero-order chi connectivity index (χ0) is 13.8. The van der Waals surface area contributed by atoms with E-state index in [2.05, 4.69) is 25.7 Å². The summed E-state index contributed by atoms with van der Waals surface area (Å²) < 4.78 is 5.37. The Morgan fingerprint density at radius 2 is 1.50 bits per heavy atom. The van der Waals surface area contributed by atoms with Crippen LogP contribution in [0.5, 0.6) is 0 Å². The lowest BCUT2D eigenvalue weighted by Gasteiger charge is -2.63. The number of rotatable bonds is 0. The Morgan fingerprint density at radius 1 is 1.00 bits per heavy atom. The van der Waals surface area contributed by atoms with Gasteiger partial charge in [-0.25, -0.2) is 4.79 Å². The zero-order valence-electron chi connectivity index (χ0n) is 12.5. The summed E-state index contributed by atoms with van der Waals surface area (Å²) in [6.45, 7) is 16.4. The van der Waals surface area contributed by atoms with Crippen molar-refractivity contribution in [1.29, 1.82) is 0 Å². The molecule has 0 aromatic carbocycles. The summed E-state index contributed by atoms with van der Waals surface area (Å²) in [4.78, 5) is 16.1. The average molecular weight is 254 g/mol. The highest BCUT2D eigenvalue weighted by atomic mass is 16.6. The minimum absolute atomic E-state index is 0.165. The molecule has 0 radical (unpaired) electrons. The van der Waals surface area contributed by atoms with Crippen LogP contribution >= 0.6 is 0 Å². The Balaban J connectivity index is 1.77. The Bertz CT molecular complexity index is 338. The molecule has 18 heavy (non-hydrogen) atoms. The molecule has 2 saturated heterocycles. The highest BCUT2D eigenvalue weighted by Crippen LogP contribution is 2.43. The molecule has 2 rings (SSSR count). The van der Waals surface area contributed by atoms with Gasteiger partial charge in [0.25, 0.3) is 0 Å². The number of ether oxygens (including phenoxy) is 1. The van der Waals surface area contributed by atoms with Crippen molar-refractivity contribution >= 4 is 6.09 Å². The molecule has 0 bridgehead atoms. The summed E-state index contributed by atoms with van der Waals surface area (Å²) in [6, 6.07) is 0. The Hall–Kier alpha value is -0.770. The third kappa shape index (κ3) is 2.63. The van der Waals surface area contributed by atoms with Crippen molar-refractivity contribution < 1.29 is 9.53 Å². The Kier molecular flexibility index (Phi) is 2.93. The maximum atomic E-state index is 11.8. The molecular weight excluding hydrogens is 228 g/mol. The lowest BCUT2D eigenvalue weighted by molar-refractivity contribution is -0.139. The fraction of sp³-hybridized carbons (Fsp3) is 0.929. The van der Waals surface area contributed by atoms with E-state index in [1.165, 1.54) is 0 Å². The summed E-state index contributed by atoms with van der Waals surface area (Å²) in [5.41, 5.74) is 0.207. The minimum atomic E-state index is -0.392. The topological polar surface area (TPSA) is 32.8 Å². The molecule has 4 heteroatoms. The quantitative estimate of drug-likeness (QED) is 0.665. The molecule has 4 nitrogen and oxygen atoms in total. The number of amides is 1. The molecule has 1 amide bonds. The van der Waals surface area contributed by atoms with Crippen molar-refractivity contribution in [2.75, 3.05) is 26.2 Å². The predicted molar refractivity (Wildman–Crippen MR) is 71.6 cm³/mol. The molecule has 1 spiro atoms. The monoisotopic (exact) mass is 254 g/mol. The number of nitrogens with zero attached hydrogens (tertiary/aromatic N) is 2. The summed E-state index contributed by atoms with van der Waals surface area (Å²) in [7, 11) is 0. The van der Waals surface area contributed by atoms with Crippen molar-refractivity contribution in [2.24, 2.45) is 5.41 Å². The van der Waals surface area contributed by atoms with Crippen LogP contribution < -0.4 is 0 Å². The van der Waals surface area contributed by atoms with Gasteiger partial charge in [0.05, 0.1) is 0 Å². The molecular formula is C14H26N2O2. The van der Waals surface area contributed by atoms with E-state index in [1.54, 1.807) is 0 Å². The molecule has 0 aromatic rings. The van der Waals surface area contributed by atoms with Gasteiger partial charge < -0.3 is 9.64 Å². The first kappa shape index (κ1) is 13.7. The third-order valence-corrected chi connectivity index (χ3v) is 3.71. The lowest BCUT2D eigenvalue weighted by atomic mass is 9.71.